The summed E-state index contributed by atoms with van der Waals surface area (Å²) in [4.78, 5) is 15.6. The number of carbonyl (C=O) groups excluding carboxylic acids is 1. The fraction of sp³-hybridized carbons (Fsp3) is 0.471. The molecule has 3 rings (SSSR count). The minimum absolute atomic E-state index is 0.0424. The second-order valence-electron chi connectivity index (χ2n) is 5.92. The van der Waals surface area contributed by atoms with Crippen molar-refractivity contribution >= 4 is 23.5 Å². The highest BCUT2D eigenvalue weighted by molar-refractivity contribution is 7.98. The smallest absolute Gasteiger partial charge is 0.321 e. The summed E-state index contributed by atoms with van der Waals surface area (Å²) in [7, 11) is 0. The number of nitrogens with zero attached hydrogens (tertiary/aromatic N) is 4. The standard InChI is InChI=1S/C17H23N5OS/c1-3-21-12-18-20-16(21)13-5-4-10-22(11-13)17(23)19-14-6-8-15(24-2)9-7-14/h6-9,12-13H,3-5,10-11H2,1-2H3,(H,19,23). The summed E-state index contributed by atoms with van der Waals surface area (Å²) in [6, 6.07) is 7.88. The summed E-state index contributed by atoms with van der Waals surface area (Å²) in [5.74, 6) is 1.24. The zero-order valence-electron chi connectivity index (χ0n) is 14.1. The largest absolute Gasteiger partial charge is 0.324 e. The molecule has 1 N–H and O–H groups in total. The molecule has 1 aromatic carbocycles. The minimum atomic E-state index is -0.0424. The van der Waals surface area contributed by atoms with Gasteiger partial charge >= 0.3 is 6.03 Å². The summed E-state index contributed by atoms with van der Waals surface area (Å²) in [6.45, 7) is 4.41. The van der Waals surface area contributed by atoms with E-state index in [9.17, 15) is 4.79 Å². The molecule has 1 aliphatic rings. The Bertz CT molecular complexity index is 685. The van der Waals surface area contributed by atoms with Gasteiger partial charge < -0.3 is 14.8 Å². The Kier molecular flexibility index (Phi) is 5.40. The van der Waals surface area contributed by atoms with Gasteiger partial charge in [-0.25, -0.2) is 4.79 Å². The Hall–Kier alpha value is -2.02. The van der Waals surface area contributed by atoms with Gasteiger partial charge in [0.25, 0.3) is 0 Å². The number of aryl methyl sites for hydroxylation is 1. The molecular weight excluding hydrogens is 322 g/mol. The molecule has 128 valence electrons. The SMILES string of the molecule is CCn1cnnc1C1CCCN(C(=O)Nc2ccc(SC)cc2)C1. The molecule has 2 heterocycles. The lowest BCUT2D eigenvalue weighted by Gasteiger charge is -2.32. The highest BCUT2D eigenvalue weighted by Crippen LogP contribution is 2.26. The van der Waals surface area contributed by atoms with E-state index in [0.29, 0.717) is 6.54 Å². The van der Waals surface area contributed by atoms with Gasteiger partial charge in [-0.05, 0) is 50.3 Å². The van der Waals surface area contributed by atoms with Gasteiger partial charge in [0.1, 0.15) is 12.2 Å². The third-order valence-electron chi connectivity index (χ3n) is 4.40. The monoisotopic (exact) mass is 345 g/mol. The quantitative estimate of drug-likeness (QED) is 0.862. The Balaban J connectivity index is 1.64. The molecular formula is C17H23N5OS. The van der Waals surface area contributed by atoms with Crippen LogP contribution < -0.4 is 5.32 Å². The first-order valence-corrected chi connectivity index (χ1v) is 9.51. The normalized spacial score (nSPS) is 17.8. The zero-order chi connectivity index (χ0) is 16.9. The lowest BCUT2D eigenvalue weighted by atomic mass is 9.97. The number of rotatable bonds is 4. The lowest BCUT2D eigenvalue weighted by Crippen LogP contribution is -2.42. The maximum atomic E-state index is 12.6. The number of aromatic nitrogens is 3. The van der Waals surface area contributed by atoms with Crippen molar-refractivity contribution in [2.75, 3.05) is 24.7 Å². The van der Waals surface area contributed by atoms with E-state index >= 15 is 0 Å². The summed E-state index contributed by atoms with van der Waals surface area (Å²) >= 11 is 1.69. The highest BCUT2D eigenvalue weighted by Gasteiger charge is 2.27. The third-order valence-corrected chi connectivity index (χ3v) is 5.14. The molecule has 24 heavy (non-hydrogen) atoms. The van der Waals surface area contributed by atoms with Crippen LogP contribution >= 0.6 is 11.8 Å². The number of urea groups is 1. The van der Waals surface area contributed by atoms with Crippen LogP contribution in [-0.2, 0) is 6.54 Å². The number of carbonyl (C=O) groups is 1. The van der Waals surface area contributed by atoms with E-state index in [-0.39, 0.29) is 11.9 Å². The molecule has 1 aromatic heterocycles. The second-order valence-corrected chi connectivity index (χ2v) is 6.80. The first kappa shape index (κ1) is 16.8. The topological polar surface area (TPSA) is 63.1 Å². The van der Waals surface area contributed by atoms with Crippen molar-refractivity contribution in [3.8, 4) is 0 Å². The summed E-state index contributed by atoms with van der Waals surface area (Å²) in [5.41, 5.74) is 0.830. The Morgan fingerprint density at radius 1 is 1.38 bits per heavy atom. The van der Waals surface area contributed by atoms with E-state index < -0.39 is 0 Å². The number of thioether (sulfide) groups is 1. The number of anilines is 1. The predicted molar refractivity (Wildman–Crippen MR) is 96.5 cm³/mol. The molecule has 0 aliphatic carbocycles. The van der Waals surface area contributed by atoms with Crippen molar-refractivity contribution in [2.24, 2.45) is 0 Å². The third kappa shape index (κ3) is 3.72. The summed E-state index contributed by atoms with van der Waals surface area (Å²) < 4.78 is 2.06. The number of amides is 2. The molecule has 2 aromatic rings. The van der Waals surface area contributed by atoms with E-state index in [4.69, 9.17) is 0 Å². The van der Waals surface area contributed by atoms with Gasteiger partial charge in [-0.2, -0.15) is 0 Å². The number of benzene rings is 1. The fourth-order valence-corrected chi connectivity index (χ4v) is 3.48. The van der Waals surface area contributed by atoms with Gasteiger partial charge in [-0.1, -0.05) is 0 Å². The molecule has 1 fully saturated rings. The van der Waals surface area contributed by atoms with Crippen molar-refractivity contribution in [2.45, 2.75) is 37.1 Å². The first-order valence-electron chi connectivity index (χ1n) is 8.29. The van der Waals surface area contributed by atoms with E-state index in [1.165, 1.54) is 4.90 Å². The van der Waals surface area contributed by atoms with Gasteiger partial charge in [0, 0.05) is 36.1 Å². The van der Waals surface area contributed by atoms with Crippen LogP contribution in [0.3, 0.4) is 0 Å². The van der Waals surface area contributed by atoms with Crippen LogP contribution in [0.15, 0.2) is 35.5 Å². The van der Waals surface area contributed by atoms with Gasteiger partial charge in [0.2, 0.25) is 0 Å². The van der Waals surface area contributed by atoms with Crippen molar-refractivity contribution in [3.05, 3.63) is 36.4 Å². The fourth-order valence-electron chi connectivity index (χ4n) is 3.07. The molecule has 7 heteroatoms. The van der Waals surface area contributed by atoms with Crippen LogP contribution in [0.5, 0.6) is 0 Å². The average molecular weight is 345 g/mol. The zero-order valence-corrected chi connectivity index (χ0v) is 14.9. The van der Waals surface area contributed by atoms with E-state index in [0.717, 1.165) is 37.4 Å². The van der Waals surface area contributed by atoms with E-state index in [1.54, 1.807) is 18.1 Å². The van der Waals surface area contributed by atoms with Crippen LogP contribution in [0.25, 0.3) is 0 Å². The average Bonchev–Trinajstić information content (AvgIpc) is 3.11. The second kappa shape index (κ2) is 7.70. The number of piperidine rings is 1. The lowest BCUT2D eigenvalue weighted by molar-refractivity contribution is 0.190. The number of hydrogen-bond donors (Lipinski definition) is 1. The minimum Gasteiger partial charge on any atom is -0.324 e. The van der Waals surface area contributed by atoms with Crippen molar-refractivity contribution in [1.29, 1.82) is 0 Å². The Morgan fingerprint density at radius 2 is 2.17 bits per heavy atom. The van der Waals surface area contributed by atoms with Crippen LogP contribution in [-0.4, -0.2) is 45.0 Å². The molecule has 2 amide bonds. The van der Waals surface area contributed by atoms with Crippen LogP contribution in [0.4, 0.5) is 10.5 Å². The predicted octanol–water partition coefficient (Wildman–Crippen LogP) is 3.43. The van der Waals surface area contributed by atoms with Gasteiger partial charge in [-0.3, -0.25) is 0 Å². The van der Waals surface area contributed by atoms with E-state index in [1.807, 2.05) is 35.4 Å². The molecule has 0 radical (unpaired) electrons. The molecule has 1 atom stereocenters. The molecule has 1 unspecified atom stereocenters. The van der Waals surface area contributed by atoms with E-state index in [2.05, 4.69) is 27.0 Å². The van der Waals surface area contributed by atoms with Crippen molar-refractivity contribution < 1.29 is 4.79 Å². The molecule has 0 bridgehead atoms. The molecule has 6 nitrogen and oxygen atoms in total. The first-order chi connectivity index (χ1) is 11.7. The van der Waals surface area contributed by atoms with Crippen molar-refractivity contribution in [3.63, 3.8) is 0 Å². The van der Waals surface area contributed by atoms with Crippen LogP contribution in [0.1, 0.15) is 31.5 Å². The highest BCUT2D eigenvalue weighted by atomic mass is 32.2. The number of likely N-dealkylation sites (tertiary alicyclic amines) is 1. The van der Waals surface area contributed by atoms with Gasteiger partial charge in [0.15, 0.2) is 0 Å². The molecule has 0 spiro atoms. The summed E-state index contributed by atoms with van der Waals surface area (Å²) in [6.07, 6.45) is 5.84. The maximum Gasteiger partial charge on any atom is 0.321 e. The maximum absolute atomic E-state index is 12.6. The molecule has 1 aliphatic heterocycles. The van der Waals surface area contributed by atoms with Crippen molar-refractivity contribution in [1.82, 2.24) is 19.7 Å². The molecule has 0 saturated carbocycles. The van der Waals surface area contributed by atoms with Gasteiger partial charge in [0.05, 0.1) is 0 Å². The number of hydrogen-bond acceptors (Lipinski definition) is 4. The van der Waals surface area contributed by atoms with Crippen LogP contribution in [0, 0.1) is 0 Å². The Morgan fingerprint density at radius 3 is 2.88 bits per heavy atom. The summed E-state index contributed by atoms with van der Waals surface area (Å²) in [5, 5.41) is 11.3. The molecule has 1 saturated heterocycles. The Labute approximate surface area is 146 Å². The number of nitrogens with one attached hydrogen (secondary N) is 1. The van der Waals surface area contributed by atoms with Crippen LogP contribution in [0.2, 0.25) is 0 Å². The van der Waals surface area contributed by atoms with Gasteiger partial charge in [-0.15, -0.1) is 22.0 Å².